The van der Waals surface area contributed by atoms with E-state index in [0.717, 1.165) is 28.0 Å². The number of furan rings is 1. The molecule has 0 unspecified atom stereocenters. The molecule has 4 nitrogen and oxygen atoms in total. The second kappa shape index (κ2) is 4.90. The van der Waals surface area contributed by atoms with Gasteiger partial charge in [-0.25, -0.2) is 4.98 Å². The van der Waals surface area contributed by atoms with Crippen molar-refractivity contribution in [2.24, 2.45) is 0 Å². The smallest absolute Gasteiger partial charge is 0.265 e. The molecule has 0 amide bonds. The second-order valence-corrected chi connectivity index (χ2v) is 5.35. The van der Waals surface area contributed by atoms with Crippen molar-refractivity contribution >= 4 is 26.9 Å². The first-order valence-electron chi connectivity index (χ1n) is 6.39. The van der Waals surface area contributed by atoms with E-state index in [1.807, 2.05) is 38.1 Å². The van der Waals surface area contributed by atoms with Crippen LogP contribution in [0.2, 0.25) is 0 Å². The molecule has 20 heavy (non-hydrogen) atoms. The standard InChI is InChI=1S/C15H13BrN2O2/c1-3-10-13(16)15(19)18-14(17-10)12-8(2)20-11-7-5-4-6-9(11)12/h4-7H,3H2,1-2H3,(H,17,18,19). The average Bonchev–Trinajstić information content (AvgIpc) is 2.77. The summed E-state index contributed by atoms with van der Waals surface area (Å²) in [6.45, 7) is 3.85. The zero-order chi connectivity index (χ0) is 14.3. The molecule has 0 bridgehead atoms. The average molecular weight is 333 g/mol. The van der Waals surface area contributed by atoms with Gasteiger partial charge in [0.25, 0.3) is 5.56 Å². The van der Waals surface area contributed by atoms with Crippen molar-refractivity contribution in [3.63, 3.8) is 0 Å². The van der Waals surface area contributed by atoms with Crippen LogP contribution in [-0.2, 0) is 6.42 Å². The summed E-state index contributed by atoms with van der Waals surface area (Å²) >= 11 is 3.28. The first-order chi connectivity index (χ1) is 9.61. The highest BCUT2D eigenvalue weighted by molar-refractivity contribution is 9.10. The molecule has 0 aliphatic heterocycles. The van der Waals surface area contributed by atoms with Gasteiger partial charge in [0.05, 0.1) is 11.3 Å². The Bertz CT molecular complexity index is 849. The monoisotopic (exact) mass is 332 g/mol. The molecule has 102 valence electrons. The highest BCUT2D eigenvalue weighted by Crippen LogP contribution is 2.32. The zero-order valence-corrected chi connectivity index (χ0v) is 12.7. The molecule has 3 aromatic rings. The van der Waals surface area contributed by atoms with E-state index >= 15 is 0 Å². The van der Waals surface area contributed by atoms with Gasteiger partial charge in [-0.3, -0.25) is 4.79 Å². The minimum atomic E-state index is -0.170. The summed E-state index contributed by atoms with van der Waals surface area (Å²) in [5.41, 5.74) is 2.22. The maximum absolute atomic E-state index is 12.0. The number of hydrogen-bond donors (Lipinski definition) is 1. The molecule has 0 spiro atoms. The van der Waals surface area contributed by atoms with E-state index in [2.05, 4.69) is 25.9 Å². The number of benzene rings is 1. The number of rotatable bonds is 2. The number of hydrogen-bond acceptors (Lipinski definition) is 3. The Kier molecular flexibility index (Phi) is 3.22. The molecule has 1 N–H and O–H groups in total. The molecule has 1 aromatic carbocycles. The molecule has 0 fully saturated rings. The fraction of sp³-hybridized carbons (Fsp3) is 0.200. The molecule has 5 heteroatoms. The number of aromatic nitrogens is 2. The van der Waals surface area contributed by atoms with Crippen LogP contribution in [0.1, 0.15) is 18.4 Å². The fourth-order valence-corrected chi connectivity index (χ4v) is 2.79. The molecule has 0 atom stereocenters. The zero-order valence-electron chi connectivity index (χ0n) is 11.2. The minimum absolute atomic E-state index is 0.170. The Morgan fingerprint density at radius 2 is 2.10 bits per heavy atom. The first-order valence-corrected chi connectivity index (χ1v) is 7.18. The van der Waals surface area contributed by atoms with Gasteiger partial charge < -0.3 is 9.40 Å². The van der Waals surface area contributed by atoms with Crippen molar-refractivity contribution in [3.05, 3.63) is 50.5 Å². The van der Waals surface area contributed by atoms with Crippen LogP contribution < -0.4 is 5.56 Å². The van der Waals surface area contributed by atoms with E-state index in [9.17, 15) is 4.79 Å². The van der Waals surface area contributed by atoms with Crippen molar-refractivity contribution in [2.45, 2.75) is 20.3 Å². The molecular weight excluding hydrogens is 320 g/mol. The lowest BCUT2D eigenvalue weighted by atomic mass is 10.1. The summed E-state index contributed by atoms with van der Waals surface area (Å²) in [6.07, 6.45) is 0.687. The first kappa shape index (κ1) is 13.1. The number of para-hydroxylation sites is 1. The molecule has 2 heterocycles. The second-order valence-electron chi connectivity index (χ2n) is 4.56. The Labute approximate surface area is 124 Å². The number of nitrogens with one attached hydrogen (secondary N) is 1. The third-order valence-corrected chi connectivity index (χ3v) is 4.09. The predicted molar refractivity (Wildman–Crippen MR) is 81.9 cm³/mol. The van der Waals surface area contributed by atoms with Crippen LogP contribution in [0.3, 0.4) is 0 Å². The number of aromatic amines is 1. The summed E-state index contributed by atoms with van der Waals surface area (Å²) in [5.74, 6) is 1.30. The molecule has 0 saturated carbocycles. The molecule has 0 radical (unpaired) electrons. The van der Waals surface area contributed by atoms with E-state index in [0.29, 0.717) is 16.7 Å². The number of H-pyrrole nitrogens is 1. The molecule has 0 aliphatic carbocycles. The lowest BCUT2D eigenvalue weighted by Crippen LogP contribution is -2.13. The summed E-state index contributed by atoms with van der Waals surface area (Å²) in [5, 5.41) is 0.956. The van der Waals surface area contributed by atoms with Crippen LogP contribution in [0.25, 0.3) is 22.4 Å². The van der Waals surface area contributed by atoms with Gasteiger partial charge in [-0.05, 0) is 35.3 Å². The van der Waals surface area contributed by atoms with Gasteiger partial charge in [0.2, 0.25) is 0 Å². The maximum atomic E-state index is 12.0. The summed E-state index contributed by atoms with van der Waals surface area (Å²) in [7, 11) is 0. The lowest BCUT2D eigenvalue weighted by Gasteiger charge is -2.04. The number of nitrogens with zero attached hydrogens (tertiary/aromatic N) is 1. The van der Waals surface area contributed by atoms with Crippen molar-refractivity contribution in [1.82, 2.24) is 9.97 Å². The topological polar surface area (TPSA) is 58.9 Å². The Balaban J connectivity index is 2.34. The van der Waals surface area contributed by atoms with Crippen molar-refractivity contribution in [1.29, 1.82) is 0 Å². The third-order valence-electron chi connectivity index (χ3n) is 3.27. The Morgan fingerprint density at radius 1 is 1.35 bits per heavy atom. The predicted octanol–water partition coefficient (Wildman–Crippen LogP) is 3.82. The van der Waals surface area contributed by atoms with Crippen LogP contribution in [0.4, 0.5) is 0 Å². The van der Waals surface area contributed by atoms with Crippen LogP contribution in [0.15, 0.2) is 37.9 Å². The molecule has 2 aromatic heterocycles. The lowest BCUT2D eigenvalue weighted by molar-refractivity contribution is 0.579. The van der Waals surface area contributed by atoms with Gasteiger partial charge in [-0.2, -0.15) is 0 Å². The molecule has 3 rings (SSSR count). The third kappa shape index (κ3) is 1.98. The minimum Gasteiger partial charge on any atom is -0.461 e. The molecular formula is C15H13BrN2O2. The van der Waals surface area contributed by atoms with Gasteiger partial charge in [-0.1, -0.05) is 25.1 Å². The largest absolute Gasteiger partial charge is 0.461 e. The van der Waals surface area contributed by atoms with E-state index in [1.54, 1.807) is 0 Å². The van der Waals surface area contributed by atoms with Crippen LogP contribution in [0, 0.1) is 6.92 Å². The Hall–Kier alpha value is -1.88. The van der Waals surface area contributed by atoms with Crippen molar-refractivity contribution in [3.8, 4) is 11.4 Å². The fourth-order valence-electron chi connectivity index (χ4n) is 2.32. The van der Waals surface area contributed by atoms with Gasteiger partial charge in [-0.15, -0.1) is 0 Å². The van der Waals surface area contributed by atoms with Crippen LogP contribution >= 0.6 is 15.9 Å². The number of halogens is 1. The number of fused-ring (bicyclic) bond motifs is 1. The SMILES string of the molecule is CCc1nc(-c2c(C)oc3ccccc23)[nH]c(=O)c1Br. The Morgan fingerprint density at radius 3 is 2.85 bits per heavy atom. The maximum Gasteiger partial charge on any atom is 0.265 e. The van der Waals surface area contributed by atoms with Gasteiger partial charge >= 0.3 is 0 Å². The number of aryl methyl sites for hydroxylation is 2. The summed E-state index contributed by atoms with van der Waals surface area (Å²) < 4.78 is 6.22. The van der Waals surface area contributed by atoms with Gasteiger partial charge in [0.15, 0.2) is 0 Å². The molecule has 0 aliphatic rings. The van der Waals surface area contributed by atoms with Crippen LogP contribution in [-0.4, -0.2) is 9.97 Å². The van der Waals surface area contributed by atoms with Crippen molar-refractivity contribution < 1.29 is 4.42 Å². The summed E-state index contributed by atoms with van der Waals surface area (Å²) in [6, 6.07) is 7.74. The van der Waals surface area contributed by atoms with E-state index < -0.39 is 0 Å². The highest BCUT2D eigenvalue weighted by Gasteiger charge is 2.16. The highest BCUT2D eigenvalue weighted by atomic mass is 79.9. The quantitative estimate of drug-likeness (QED) is 0.776. The van der Waals surface area contributed by atoms with Crippen molar-refractivity contribution in [2.75, 3.05) is 0 Å². The normalized spacial score (nSPS) is 11.2. The van der Waals surface area contributed by atoms with Gasteiger partial charge in [0.1, 0.15) is 21.6 Å². The van der Waals surface area contributed by atoms with E-state index in [4.69, 9.17) is 4.42 Å². The van der Waals surface area contributed by atoms with E-state index in [-0.39, 0.29) is 5.56 Å². The van der Waals surface area contributed by atoms with Crippen LogP contribution in [0.5, 0.6) is 0 Å². The molecule has 0 saturated heterocycles. The summed E-state index contributed by atoms with van der Waals surface area (Å²) in [4.78, 5) is 19.3. The van der Waals surface area contributed by atoms with Gasteiger partial charge in [0, 0.05) is 5.39 Å². The van der Waals surface area contributed by atoms with E-state index in [1.165, 1.54) is 0 Å².